The van der Waals surface area contributed by atoms with Crippen LogP contribution in [-0.4, -0.2) is 4.55 Å². The second-order valence-electron chi connectivity index (χ2n) is 4.17. The first kappa shape index (κ1) is 16.0. The maximum Gasteiger partial charge on any atom is 0.416 e. The number of rotatable bonds is 4. The Morgan fingerprint density at radius 3 is 2.52 bits per heavy atom. The molecule has 0 saturated heterocycles. The van der Waals surface area contributed by atoms with Gasteiger partial charge in [-0.2, -0.15) is 13.2 Å². The van der Waals surface area contributed by atoms with Crippen molar-refractivity contribution >= 4 is 23.6 Å². The standard InChI is InChI=1S/C14H10ClF3O2S/c15-12-7-10(14(16,17)18)4-5-13(12)20-8-9-2-1-3-11(6-9)21-19/h1-7,19H,8H2. The first-order valence-corrected chi connectivity index (χ1v) is 6.95. The summed E-state index contributed by atoms with van der Waals surface area (Å²) in [6, 6.07) is 9.89. The van der Waals surface area contributed by atoms with Gasteiger partial charge in [0, 0.05) is 16.9 Å². The third kappa shape index (κ3) is 4.30. The minimum Gasteiger partial charge on any atom is -0.487 e. The van der Waals surface area contributed by atoms with Gasteiger partial charge in [0.05, 0.1) is 10.6 Å². The third-order valence-corrected chi connectivity index (χ3v) is 3.42. The normalized spacial score (nSPS) is 11.5. The predicted molar refractivity (Wildman–Crippen MR) is 75.7 cm³/mol. The molecule has 2 nitrogen and oxygen atoms in total. The highest BCUT2D eigenvalue weighted by Gasteiger charge is 2.31. The van der Waals surface area contributed by atoms with E-state index in [2.05, 4.69) is 0 Å². The SMILES string of the molecule is OSc1cccc(COc2ccc(C(F)(F)F)cc2Cl)c1. The fourth-order valence-electron chi connectivity index (χ4n) is 1.65. The Kier molecular flexibility index (Phi) is 5.03. The van der Waals surface area contributed by atoms with Gasteiger partial charge in [0.15, 0.2) is 0 Å². The molecule has 0 aliphatic rings. The molecule has 7 heteroatoms. The smallest absolute Gasteiger partial charge is 0.416 e. The summed E-state index contributed by atoms with van der Waals surface area (Å²) in [4.78, 5) is 0.648. The molecule has 2 aromatic rings. The molecule has 112 valence electrons. The molecular weight excluding hydrogens is 325 g/mol. The van der Waals surface area contributed by atoms with E-state index in [9.17, 15) is 13.2 Å². The van der Waals surface area contributed by atoms with E-state index in [0.29, 0.717) is 16.9 Å². The van der Waals surface area contributed by atoms with E-state index in [1.54, 1.807) is 24.3 Å². The molecule has 0 amide bonds. The van der Waals surface area contributed by atoms with Crippen LogP contribution in [0.5, 0.6) is 5.75 Å². The van der Waals surface area contributed by atoms with Gasteiger partial charge in [0.1, 0.15) is 12.4 Å². The summed E-state index contributed by atoms with van der Waals surface area (Å²) in [7, 11) is 0. The molecule has 0 aromatic heterocycles. The van der Waals surface area contributed by atoms with Gasteiger partial charge in [-0.05, 0) is 35.9 Å². The summed E-state index contributed by atoms with van der Waals surface area (Å²) in [5.41, 5.74) is -0.0523. The van der Waals surface area contributed by atoms with Crippen LogP contribution < -0.4 is 4.74 Å². The Morgan fingerprint density at radius 1 is 1.14 bits per heavy atom. The molecule has 0 unspecified atom stereocenters. The molecule has 0 atom stereocenters. The van der Waals surface area contributed by atoms with Crippen molar-refractivity contribution in [2.45, 2.75) is 17.7 Å². The number of halogens is 4. The van der Waals surface area contributed by atoms with Crippen LogP contribution in [0.3, 0.4) is 0 Å². The molecule has 21 heavy (non-hydrogen) atoms. The Labute approximate surface area is 128 Å². The minimum atomic E-state index is -4.44. The molecule has 0 radical (unpaired) electrons. The van der Waals surface area contributed by atoms with Gasteiger partial charge in [-0.1, -0.05) is 23.7 Å². The van der Waals surface area contributed by atoms with Gasteiger partial charge in [0.25, 0.3) is 0 Å². The maximum atomic E-state index is 12.5. The highest BCUT2D eigenvalue weighted by atomic mass is 35.5. The van der Waals surface area contributed by atoms with Gasteiger partial charge < -0.3 is 9.29 Å². The third-order valence-electron chi connectivity index (χ3n) is 2.66. The number of ether oxygens (including phenoxy) is 1. The molecule has 0 heterocycles. The van der Waals surface area contributed by atoms with Crippen LogP contribution in [0, 0.1) is 0 Å². The van der Waals surface area contributed by atoms with Gasteiger partial charge >= 0.3 is 6.18 Å². The summed E-state index contributed by atoms with van der Waals surface area (Å²) in [6.45, 7) is 0.138. The second-order valence-corrected chi connectivity index (χ2v) is 5.23. The quantitative estimate of drug-likeness (QED) is 0.748. The summed E-state index contributed by atoms with van der Waals surface area (Å²) < 4.78 is 51.9. The molecule has 0 saturated carbocycles. The van der Waals surface area contributed by atoms with Crippen molar-refractivity contribution in [3.8, 4) is 5.75 Å². The molecule has 2 rings (SSSR count). The van der Waals surface area contributed by atoms with Crippen LogP contribution in [0.1, 0.15) is 11.1 Å². The zero-order valence-corrected chi connectivity index (χ0v) is 12.1. The molecule has 0 aliphatic carbocycles. The van der Waals surface area contributed by atoms with E-state index in [1.807, 2.05) is 0 Å². The van der Waals surface area contributed by atoms with Gasteiger partial charge in [-0.25, -0.2) is 0 Å². The lowest BCUT2D eigenvalue weighted by atomic mass is 10.2. The molecule has 1 N–H and O–H groups in total. The molecule has 0 spiro atoms. The molecule has 0 bridgehead atoms. The largest absolute Gasteiger partial charge is 0.487 e. The summed E-state index contributed by atoms with van der Waals surface area (Å²) in [5, 5.41) is -0.0995. The number of hydrogen-bond acceptors (Lipinski definition) is 3. The summed E-state index contributed by atoms with van der Waals surface area (Å²) in [5.74, 6) is 0.173. The van der Waals surface area contributed by atoms with Crippen molar-refractivity contribution < 1.29 is 22.5 Å². The Hall–Kier alpha value is -1.37. The van der Waals surface area contributed by atoms with Crippen molar-refractivity contribution in [1.29, 1.82) is 0 Å². The van der Waals surface area contributed by atoms with E-state index in [0.717, 1.165) is 17.7 Å². The van der Waals surface area contributed by atoms with Crippen LogP contribution in [-0.2, 0) is 12.8 Å². The Balaban J connectivity index is 2.10. The summed E-state index contributed by atoms with van der Waals surface area (Å²) in [6.07, 6.45) is -4.44. The molecule has 0 aliphatic heterocycles. The topological polar surface area (TPSA) is 29.5 Å². The molecule has 2 aromatic carbocycles. The van der Waals surface area contributed by atoms with Crippen molar-refractivity contribution in [2.75, 3.05) is 0 Å². The fourth-order valence-corrected chi connectivity index (χ4v) is 2.23. The van der Waals surface area contributed by atoms with Crippen LogP contribution in [0.15, 0.2) is 47.4 Å². The van der Waals surface area contributed by atoms with E-state index < -0.39 is 11.7 Å². The van der Waals surface area contributed by atoms with Crippen LogP contribution in [0.25, 0.3) is 0 Å². The lowest BCUT2D eigenvalue weighted by Crippen LogP contribution is -2.05. The first-order chi connectivity index (χ1) is 9.90. The van der Waals surface area contributed by atoms with E-state index in [1.165, 1.54) is 6.07 Å². The van der Waals surface area contributed by atoms with Crippen molar-refractivity contribution in [2.24, 2.45) is 0 Å². The van der Waals surface area contributed by atoms with Crippen molar-refractivity contribution in [1.82, 2.24) is 0 Å². The van der Waals surface area contributed by atoms with Crippen molar-refractivity contribution in [3.63, 3.8) is 0 Å². The Bertz CT molecular complexity index is 632. The highest BCUT2D eigenvalue weighted by molar-refractivity contribution is 7.93. The Morgan fingerprint density at radius 2 is 1.90 bits per heavy atom. The van der Waals surface area contributed by atoms with E-state index >= 15 is 0 Å². The second kappa shape index (κ2) is 6.60. The van der Waals surface area contributed by atoms with E-state index in [-0.39, 0.29) is 17.4 Å². The number of hydrogen-bond donors (Lipinski definition) is 1. The van der Waals surface area contributed by atoms with Crippen LogP contribution in [0.2, 0.25) is 5.02 Å². The maximum absolute atomic E-state index is 12.5. The fraction of sp³-hybridized carbons (Fsp3) is 0.143. The number of benzene rings is 2. The monoisotopic (exact) mass is 334 g/mol. The molecular formula is C14H10ClF3O2S. The van der Waals surface area contributed by atoms with Gasteiger partial charge in [-0.15, -0.1) is 0 Å². The first-order valence-electron chi connectivity index (χ1n) is 5.80. The number of alkyl halides is 3. The van der Waals surface area contributed by atoms with Crippen molar-refractivity contribution in [3.05, 3.63) is 58.6 Å². The average molecular weight is 335 g/mol. The van der Waals surface area contributed by atoms with Gasteiger partial charge in [-0.3, -0.25) is 0 Å². The average Bonchev–Trinajstić information content (AvgIpc) is 2.45. The highest BCUT2D eigenvalue weighted by Crippen LogP contribution is 2.35. The van der Waals surface area contributed by atoms with Crippen LogP contribution >= 0.6 is 23.6 Å². The van der Waals surface area contributed by atoms with Gasteiger partial charge in [0.2, 0.25) is 0 Å². The summed E-state index contributed by atoms with van der Waals surface area (Å²) >= 11 is 6.40. The zero-order chi connectivity index (χ0) is 15.5. The predicted octanol–water partition coefficient (Wildman–Crippen LogP) is 5.50. The minimum absolute atomic E-state index is 0.0995. The lowest BCUT2D eigenvalue weighted by Gasteiger charge is -2.11. The zero-order valence-electron chi connectivity index (χ0n) is 10.5. The molecule has 0 fully saturated rings. The van der Waals surface area contributed by atoms with E-state index in [4.69, 9.17) is 20.9 Å². The lowest BCUT2D eigenvalue weighted by molar-refractivity contribution is -0.137. The van der Waals surface area contributed by atoms with Crippen LogP contribution in [0.4, 0.5) is 13.2 Å².